The summed E-state index contributed by atoms with van der Waals surface area (Å²) in [7, 11) is 0. The number of aromatic nitrogens is 2. The Kier molecular flexibility index (Phi) is 6.80. The molecule has 1 fully saturated rings. The molecule has 1 aromatic heterocycles. The predicted octanol–water partition coefficient (Wildman–Crippen LogP) is 1.23. The minimum atomic E-state index is 0.187. The van der Waals surface area contributed by atoms with Crippen LogP contribution in [0.15, 0.2) is 0 Å². The molecule has 24 heavy (non-hydrogen) atoms. The molecule has 0 atom stereocenters. The minimum absolute atomic E-state index is 0.187. The molecule has 1 saturated heterocycles. The molecule has 1 aliphatic rings. The van der Waals surface area contributed by atoms with Gasteiger partial charge in [-0.15, -0.1) is 0 Å². The standard InChI is InChI=1S/C18H32N4O2/c1-14(2)13-22-16(4)17(15(3)19-22)5-6-18(24)21-9-7-20(8-10-21)11-12-23/h14,23H,5-13H2,1-4H3. The van der Waals surface area contributed by atoms with Crippen molar-refractivity contribution in [2.45, 2.75) is 47.1 Å². The molecule has 0 radical (unpaired) electrons. The monoisotopic (exact) mass is 336 g/mol. The zero-order valence-corrected chi connectivity index (χ0v) is 15.6. The van der Waals surface area contributed by atoms with Gasteiger partial charge in [-0.1, -0.05) is 13.8 Å². The van der Waals surface area contributed by atoms with E-state index in [1.54, 1.807) is 0 Å². The van der Waals surface area contributed by atoms with E-state index in [0.717, 1.165) is 44.8 Å². The Bertz CT molecular complexity index is 545. The van der Waals surface area contributed by atoms with Crippen molar-refractivity contribution >= 4 is 5.91 Å². The fourth-order valence-corrected chi connectivity index (χ4v) is 3.37. The third kappa shape index (κ3) is 4.80. The van der Waals surface area contributed by atoms with E-state index in [4.69, 9.17) is 5.11 Å². The van der Waals surface area contributed by atoms with Gasteiger partial charge >= 0.3 is 0 Å². The second kappa shape index (κ2) is 8.62. The van der Waals surface area contributed by atoms with Crippen molar-refractivity contribution < 1.29 is 9.90 Å². The van der Waals surface area contributed by atoms with Gasteiger partial charge in [-0.3, -0.25) is 14.4 Å². The van der Waals surface area contributed by atoms with Crippen molar-refractivity contribution in [3.63, 3.8) is 0 Å². The van der Waals surface area contributed by atoms with Crippen molar-refractivity contribution in [2.75, 3.05) is 39.3 Å². The Morgan fingerprint density at radius 1 is 1.21 bits per heavy atom. The lowest BCUT2D eigenvalue weighted by atomic mass is 10.1. The first-order valence-electron chi connectivity index (χ1n) is 9.06. The van der Waals surface area contributed by atoms with Crippen molar-refractivity contribution in [2.24, 2.45) is 5.92 Å². The number of amides is 1. The van der Waals surface area contributed by atoms with Crippen molar-refractivity contribution in [1.82, 2.24) is 19.6 Å². The fraction of sp³-hybridized carbons (Fsp3) is 0.778. The molecule has 1 aromatic rings. The maximum atomic E-state index is 12.5. The van der Waals surface area contributed by atoms with Crippen LogP contribution in [0.5, 0.6) is 0 Å². The summed E-state index contributed by atoms with van der Waals surface area (Å²) in [6.07, 6.45) is 1.32. The lowest BCUT2D eigenvalue weighted by Gasteiger charge is -2.34. The Balaban J connectivity index is 1.87. The summed E-state index contributed by atoms with van der Waals surface area (Å²) in [6.45, 7) is 13.6. The van der Waals surface area contributed by atoms with Crippen LogP contribution in [0.4, 0.5) is 0 Å². The molecule has 2 heterocycles. The van der Waals surface area contributed by atoms with E-state index >= 15 is 0 Å². The summed E-state index contributed by atoms with van der Waals surface area (Å²) in [5.41, 5.74) is 3.47. The second-order valence-electron chi connectivity index (χ2n) is 7.17. The number of aliphatic hydroxyl groups is 1. The Hall–Kier alpha value is -1.40. The minimum Gasteiger partial charge on any atom is -0.395 e. The van der Waals surface area contributed by atoms with Gasteiger partial charge in [-0.05, 0) is 31.7 Å². The van der Waals surface area contributed by atoms with Crippen LogP contribution in [-0.2, 0) is 17.8 Å². The van der Waals surface area contributed by atoms with Gasteiger partial charge in [0.2, 0.25) is 5.91 Å². The number of nitrogens with zero attached hydrogens (tertiary/aromatic N) is 4. The Morgan fingerprint density at radius 2 is 1.88 bits per heavy atom. The summed E-state index contributed by atoms with van der Waals surface area (Å²) in [4.78, 5) is 16.6. The van der Waals surface area contributed by atoms with Crippen LogP contribution < -0.4 is 0 Å². The number of aliphatic hydroxyl groups excluding tert-OH is 1. The molecule has 1 N–H and O–H groups in total. The van der Waals surface area contributed by atoms with Gasteiger partial charge in [-0.2, -0.15) is 5.10 Å². The Morgan fingerprint density at radius 3 is 2.46 bits per heavy atom. The SMILES string of the molecule is Cc1nn(CC(C)C)c(C)c1CCC(=O)N1CCN(CCO)CC1. The van der Waals surface area contributed by atoms with Gasteiger partial charge < -0.3 is 10.0 Å². The molecular weight excluding hydrogens is 304 g/mol. The van der Waals surface area contributed by atoms with Crippen LogP contribution in [0.1, 0.15) is 37.2 Å². The maximum Gasteiger partial charge on any atom is 0.222 e. The fourth-order valence-electron chi connectivity index (χ4n) is 3.37. The molecule has 0 aromatic carbocycles. The lowest BCUT2D eigenvalue weighted by molar-refractivity contribution is -0.132. The van der Waals surface area contributed by atoms with E-state index in [1.165, 1.54) is 11.3 Å². The highest BCUT2D eigenvalue weighted by atomic mass is 16.3. The van der Waals surface area contributed by atoms with Gasteiger partial charge in [0.05, 0.1) is 12.3 Å². The topological polar surface area (TPSA) is 61.6 Å². The summed E-state index contributed by atoms with van der Waals surface area (Å²) >= 11 is 0. The van der Waals surface area contributed by atoms with Crippen LogP contribution in [0.3, 0.4) is 0 Å². The summed E-state index contributed by atoms with van der Waals surface area (Å²) in [6, 6.07) is 0. The Labute approximate surface area is 145 Å². The maximum absolute atomic E-state index is 12.5. The molecule has 0 unspecified atom stereocenters. The molecule has 2 rings (SSSR count). The van der Waals surface area contributed by atoms with Gasteiger partial charge in [0.25, 0.3) is 0 Å². The van der Waals surface area contributed by atoms with Crippen LogP contribution in [0.2, 0.25) is 0 Å². The average molecular weight is 336 g/mol. The van der Waals surface area contributed by atoms with Crippen LogP contribution in [0, 0.1) is 19.8 Å². The lowest BCUT2D eigenvalue weighted by Crippen LogP contribution is -2.49. The van der Waals surface area contributed by atoms with E-state index in [9.17, 15) is 4.79 Å². The van der Waals surface area contributed by atoms with Crippen LogP contribution >= 0.6 is 0 Å². The summed E-state index contributed by atoms with van der Waals surface area (Å²) in [5, 5.41) is 13.6. The predicted molar refractivity (Wildman–Crippen MR) is 95.0 cm³/mol. The molecular formula is C18H32N4O2. The molecule has 6 heteroatoms. The molecule has 0 aliphatic carbocycles. The second-order valence-corrected chi connectivity index (χ2v) is 7.17. The van der Waals surface area contributed by atoms with Crippen LogP contribution in [-0.4, -0.2) is 69.9 Å². The average Bonchev–Trinajstić information content (AvgIpc) is 2.79. The number of hydrogen-bond acceptors (Lipinski definition) is 4. The molecule has 1 aliphatic heterocycles. The summed E-state index contributed by atoms with van der Waals surface area (Å²) in [5.74, 6) is 0.793. The first-order valence-corrected chi connectivity index (χ1v) is 9.06. The third-order valence-corrected chi connectivity index (χ3v) is 4.80. The number of rotatable bonds is 7. The molecule has 1 amide bonds. The van der Waals surface area contributed by atoms with E-state index < -0.39 is 0 Å². The third-order valence-electron chi connectivity index (χ3n) is 4.80. The highest BCUT2D eigenvalue weighted by Gasteiger charge is 2.21. The number of aryl methyl sites for hydroxylation is 1. The largest absolute Gasteiger partial charge is 0.395 e. The molecule has 6 nitrogen and oxygen atoms in total. The zero-order chi connectivity index (χ0) is 17.7. The van der Waals surface area contributed by atoms with E-state index in [-0.39, 0.29) is 12.5 Å². The molecule has 0 bridgehead atoms. The van der Waals surface area contributed by atoms with Crippen molar-refractivity contribution in [1.29, 1.82) is 0 Å². The highest BCUT2D eigenvalue weighted by molar-refractivity contribution is 5.76. The normalized spacial score (nSPS) is 16.2. The van der Waals surface area contributed by atoms with Gasteiger partial charge in [0.15, 0.2) is 0 Å². The molecule has 136 valence electrons. The van der Waals surface area contributed by atoms with Gasteiger partial charge in [0, 0.05) is 51.4 Å². The molecule has 0 saturated carbocycles. The number of β-amino-alcohol motifs (C(OH)–C–C–N with tert-alkyl or cyclic N) is 1. The number of carbonyl (C=O) groups excluding carboxylic acids is 1. The van der Waals surface area contributed by atoms with E-state index in [2.05, 4.69) is 35.5 Å². The summed E-state index contributed by atoms with van der Waals surface area (Å²) < 4.78 is 2.08. The molecule has 0 spiro atoms. The first-order chi connectivity index (χ1) is 11.4. The van der Waals surface area contributed by atoms with Gasteiger partial charge in [-0.25, -0.2) is 0 Å². The van der Waals surface area contributed by atoms with Crippen molar-refractivity contribution in [3.8, 4) is 0 Å². The van der Waals surface area contributed by atoms with Crippen molar-refractivity contribution in [3.05, 3.63) is 17.0 Å². The highest BCUT2D eigenvalue weighted by Crippen LogP contribution is 2.17. The van der Waals surface area contributed by atoms with Crippen LogP contribution in [0.25, 0.3) is 0 Å². The first kappa shape index (κ1) is 18.9. The number of piperazine rings is 1. The van der Waals surface area contributed by atoms with E-state index in [0.29, 0.717) is 18.9 Å². The quantitative estimate of drug-likeness (QED) is 0.813. The number of hydrogen-bond donors (Lipinski definition) is 1. The number of carbonyl (C=O) groups is 1. The van der Waals surface area contributed by atoms with E-state index in [1.807, 2.05) is 11.8 Å². The zero-order valence-electron chi connectivity index (χ0n) is 15.6. The van der Waals surface area contributed by atoms with Gasteiger partial charge in [0.1, 0.15) is 0 Å². The smallest absolute Gasteiger partial charge is 0.222 e.